The van der Waals surface area contributed by atoms with Gasteiger partial charge in [0, 0.05) is 24.0 Å². The molecule has 0 saturated heterocycles. The summed E-state index contributed by atoms with van der Waals surface area (Å²) in [6, 6.07) is 13.8. The van der Waals surface area contributed by atoms with Crippen molar-refractivity contribution in [1.29, 1.82) is 0 Å². The maximum atomic E-state index is 13.2. The smallest absolute Gasteiger partial charge is 0.305 e. The third-order valence-electron chi connectivity index (χ3n) is 5.29. The highest BCUT2D eigenvalue weighted by atomic mass is 19.1. The molecule has 0 amide bonds. The summed E-state index contributed by atoms with van der Waals surface area (Å²) in [5.74, 6) is -0.656. The summed E-state index contributed by atoms with van der Waals surface area (Å²) >= 11 is 0. The van der Waals surface area contributed by atoms with Crippen LogP contribution in [-0.2, 0) is 4.79 Å². The van der Waals surface area contributed by atoms with Crippen LogP contribution in [0.5, 0.6) is 0 Å². The average molecular weight is 446 g/mol. The van der Waals surface area contributed by atoms with E-state index in [4.69, 9.17) is 4.42 Å². The van der Waals surface area contributed by atoms with Gasteiger partial charge in [0.15, 0.2) is 5.76 Å². The number of nitrogens with one attached hydrogen (secondary N) is 1. The van der Waals surface area contributed by atoms with E-state index in [2.05, 4.69) is 20.3 Å². The zero-order chi connectivity index (χ0) is 23.4. The van der Waals surface area contributed by atoms with Gasteiger partial charge in [-0.3, -0.25) is 4.79 Å². The van der Waals surface area contributed by atoms with Crippen LogP contribution in [0.25, 0.3) is 33.7 Å². The molecular formula is C25H23FN4O3. The predicted molar refractivity (Wildman–Crippen MR) is 123 cm³/mol. The normalized spacial score (nSPS) is 12.0. The number of rotatable bonds is 8. The largest absolute Gasteiger partial charge is 0.481 e. The maximum Gasteiger partial charge on any atom is 0.305 e. The molecule has 33 heavy (non-hydrogen) atoms. The fraction of sp³-hybridized carbons (Fsp3) is 0.200. The number of oxazole rings is 1. The van der Waals surface area contributed by atoms with Crippen LogP contribution in [0.2, 0.25) is 0 Å². The average Bonchev–Trinajstić information content (AvgIpc) is 3.23. The van der Waals surface area contributed by atoms with Crippen LogP contribution in [0.3, 0.4) is 0 Å². The molecular weight excluding hydrogens is 423 g/mol. The standard InChI is InChI=1S/C25H23FN4O3/c1-15(2)21(11-22(31)32)29-25-30-23(24(33-25)19-12-27-14-28-13-19)18-5-3-16(4-6-18)17-7-9-20(26)10-8-17/h3-10,12-15,21H,11H2,1-2H3,(H,29,30)(H,31,32). The molecule has 8 heteroatoms. The lowest BCUT2D eigenvalue weighted by atomic mass is 10.0. The second-order valence-corrected chi connectivity index (χ2v) is 8.00. The summed E-state index contributed by atoms with van der Waals surface area (Å²) < 4.78 is 19.2. The quantitative estimate of drug-likeness (QED) is 0.368. The van der Waals surface area contributed by atoms with Crippen LogP contribution in [0.4, 0.5) is 10.4 Å². The number of nitrogens with zero attached hydrogens (tertiary/aromatic N) is 3. The van der Waals surface area contributed by atoms with E-state index in [1.165, 1.54) is 18.5 Å². The van der Waals surface area contributed by atoms with Gasteiger partial charge >= 0.3 is 5.97 Å². The van der Waals surface area contributed by atoms with Crippen LogP contribution in [0.1, 0.15) is 20.3 Å². The van der Waals surface area contributed by atoms with Crippen molar-refractivity contribution in [2.24, 2.45) is 5.92 Å². The Bertz CT molecular complexity index is 1220. The van der Waals surface area contributed by atoms with Gasteiger partial charge in [-0.05, 0) is 29.2 Å². The Morgan fingerprint density at radius 1 is 0.970 bits per heavy atom. The van der Waals surface area contributed by atoms with Crippen molar-refractivity contribution in [1.82, 2.24) is 15.0 Å². The number of carbonyl (C=O) groups is 1. The van der Waals surface area contributed by atoms with Gasteiger partial charge in [0.25, 0.3) is 6.01 Å². The van der Waals surface area contributed by atoms with E-state index in [0.717, 1.165) is 16.7 Å². The number of halogens is 1. The van der Waals surface area contributed by atoms with Crippen molar-refractivity contribution < 1.29 is 18.7 Å². The van der Waals surface area contributed by atoms with E-state index in [1.54, 1.807) is 24.5 Å². The van der Waals surface area contributed by atoms with Gasteiger partial charge in [0.2, 0.25) is 0 Å². The topological polar surface area (TPSA) is 101 Å². The molecule has 1 unspecified atom stereocenters. The minimum atomic E-state index is -0.902. The van der Waals surface area contributed by atoms with Crippen LogP contribution in [0.15, 0.2) is 71.7 Å². The molecule has 2 heterocycles. The van der Waals surface area contributed by atoms with Gasteiger partial charge in [0.1, 0.15) is 17.8 Å². The van der Waals surface area contributed by atoms with Gasteiger partial charge in [-0.25, -0.2) is 14.4 Å². The lowest BCUT2D eigenvalue weighted by molar-refractivity contribution is -0.137. The fourth-order valence-electron chi connectivity index (χ4n) is 3.45. The van der Waals surface area contributed by atoms with Crippen molar-refractivity contribution in [3.63, 3.8) is 0 Å². The van der Waals surface area contributed by atoms with E-state index in [0.29, 0.717) is 17.0 Å². The van der Waals surface area contributed by atoms with Gasteiger partial charge < -0.3 is 14.8 Å². The molecule has 0 fully saturated rings. The fourth-order valence-corrected chi connectivity index (χ4v) is 3.45. The van der Waals surface area contributed by atoms with Crippen LogP contribution in [-0.4, -0.2) is 32.1 Å². The molecule has 0 radical (unpaired) electrons. The highest BCUT2D eigenvalue weighted by molar-refractivity contribution is 5.79. The third kappa shape index (κ3) is 5.23. The predicted octanol–water partition coefficient (Wildman–Crippen LogP) is 5.52. The molecule has 4 rings (SSSR count). The lowest BCUT2D eigenvalue weighted by Crippen LogP contribution is -2.28. The number of benzene rings is 2. The summed E-state index contributed by atoms with van der Waals surface area (Å²) in [5.41, 5.74) is 3.86. The van der Waals surface area contributed by atoms with Gasteiger partial charge in [-0.15, -0.1) is 0 Å². The molecule has 4 aromatic rings. The van der Waals surface area contributed by atoms with E-state index >= 15 is 0 Å². The Kier molecular flexibility index (Phi) is 6.44. The van der Waals surface area contributed by atoms with Crippen LogP contribution >= 0.6 is 0 Å². The Hall–Kier alpha value is -4.07. The summed E-state index contributed by atoms with van der Waals surface area (Å²) in [4.78, 5) is 24.0. The van der Waals surface area contributed by atoms with Crippen molar-refractivity contribution in [3.05, 3.63) is 73.1 Å². The second kappa shape index (κ2) is 9.60. The minimum Gasteiger partial charge on any atom is -0.481 e. The molecule has 0 aliphatic carbocycles. The summed E-state index contributed by atoms with van der Waals surface area (Å²) in [7, 11) is 0. The zero-order valence-corrected chi connectivity index (χ0v) is 18.2. The molecule has 0 aliphatic rings. The van der Waals surface area contributed by atoms with Crippen LogP contribution < -0.4 is 5.32 Å². The minimum absolute atomic E-state index is 0.0509. The number of hydrogen-bond acceptors (Lipinski definition) is 6. The first-order valence-corrected chi connectivity index (χ1v) is 10.5. The third-order valence-corrected chi connectivity index (χ3v) is 5.29. The summed E-state index contributed by atoms with van der Waals surface area (Å²) in [5, 5.41) is 12.4. The Balaban J connectivity index is 1.70. The Labute approximate surface area is 190 Å². The van der Waals surface area contributed by atoms with Gasteiger partial charge in [0.05, 0.1) is 12.0 Å². The molecule has 2 N–H and O–H groups in total. The van der Waals surface area contributed by atoms with Crippen molar-refractivity contribution in [2.75, 3.05) is 5.32 Å². The van der Waals surface area contributed by atoms with E-state index < -0.39 is 5.97 Å². The number of aliphatic carboxylic acids is 1. The molecule has 2 aromatic carbocycles. The molecule has 1 atom stereocenters. The Morgan fingerprint density at radius 3 is 2.12 bits per heavy atom. The van der Waals surface area contributed by atoms with Crippen molar-refractivity contribution >= 4 is 12.0 Å². The molecule has 0 saturated carbocycles. The first kappa shape index (κ1) is 22.1. The molecule has 2 aromatic heterocycles. The van der Waals surface area contributed by atoms with Gasteiger partial charge in [-0.1, -0.05) is 50.2 Å². The number of anilines is 1. The SMILES string of the molecule is CC(C)C(CC(=O)O)Nc1nc(-c2ccc(-c3ccc(F)cc3)cc2)c(-c2cncnc2)o1. The highest BCUT2D eigenvalue weighted by Crippen LogP contribution is 2.35. The first-order chi connectivity index (χ1) is 15.9. The summed E-state index contributed by atoms with van der Waals surface area (Å²) in [6.45, 7) is 3.87. The van der Waals surface area contributed by atoms with Crippen molar-refractivity contribution in [2.45, 2.75) is 26.3 Å². The molecule has 7 nitrogen and oxygen atoms in total. The number of hydrogen-bond donors (Lipinski definition) is 2. The number of carboxylic acids is 1. The Morgan fingerprint density at radius 2 is 1.55 bits per heavy atom. The monoisotopic (exact) mass is 446 g/mol. The summed E-state index contributed by atoms with van der Waals surface area (Å²) in [6.07, 6.45) is 4.62. The lowest BCUT2D eigenvalue weighted by Gasteiger charge is -2.19. The van der Waals surface area contributed by atoms with Gasteiger partial charge in [-0.2, -0.15) is 4.98 Å². The zero-order valence-electron chi connectivity index (χ0n) is 18.2. The molecule has 0 spiro atoms. The molecule has 168 valence electrons. The van der Waals surface area contributed by atoms with Crippen LogP contribution in [0, 0.1) is 11.7 Å². The molecule has 0 bridgehead atoms. The second-order valence-electron chi connectivity index (χ2n) is 8.00. The highest BCUT2D eigenvalue weighted by Gasteiger charge is 2.22. The number of carboxylic acid groups (broad SMARTS) is 1. The molecule has 0 aliphatic heterocycles. The number of aromatic nitrogens is 3. The van der Waals surface area contributed by atoms with E-state index in [-0.39, 0.29) is 30.2 Å². The maximum absolute atomic E-state index is 13.2. The van der Waals surface area contributed by atoms with Crippen molar-refractivity contribution in [3.8, 4) is 33.7 Å². The first-order valence-electron chi connectivity index (χ1n) is 10.5. The van der Waals surface area contributed by atoms with E-state index in [9.17, 15) is 14.3 Å². The van der Waals surface area contributed by atoms with E-state index in [1.807, 2.05) is 38.1 Å².